The summed E-state index contributed by atoms with van der Waals surface area (Å²) in [6.45, 7) is 5.18. The van der Waals surface area contributed by atoms with E-state index in [1.54, 1.807) is 0 Å². The smallest absolute Gasteiger partial charge is 0.0428 e. The van der Waals surface area contributed by atoms with Crippen LogP contribution in [-0.2, 0) is 6.54 Å². The van der Waals surface area contributed by atoms with E-state index in [9.17, 15) is 0 Å². The van der Waals surface area contributed by atoms with Crippen molar-refractivity contribution in [2.24, 2.45) is 0 Å². The summed E-state index contributed by atoms with van der Waals surface area (Å²) in [6.07, 6.45) is 0. The zero-order valence-corrected chi connectivity index (χ0v) is 11.3. The Morgan fingerprint density at radius 3 is 2.50 bits per heavy atom. The normalized spacial score (nSPS) is 10.4. The molecule has 18 heavy (non-hydrogen) atoms. The van der Waals surface area contributed by atoms with E-state index in [1.165, 1.54) is 16.7 Å². The topological polar surface area (TPSA) is 29.3 Å². The quantitative estimate of drug-likeness (QED) is 0.832. The van der Waals surface area contributed by atoms with Gasteiger partial charge < -0.3 is 10.6 Å². The van der Waals surface area contributed by atoms with Crippen LogP contribution in [0.25, 0.3) is 0 Å². The first-order chi connectivity index (χ1) is 8.56. The minimum atomic E-state index is 0.806. The number of nitrogens with two attached hydrogens (primary N) is 1. The Kier molecular flexibility index (Phi) is 3.56. The lowest BCUT2D eigenvalue weighted by Crippen LogP contribution is -2.17. The molecule has 94 valence electrons. The second-order valence-corrected chi connectivity index (χ2v) is 4.88. The van der Waals surface area contributed by atoms with Crippen molar-refractivity contribution >= 4 is 11.4 Å². The van der Waals surface area contributed by atoms with E-state index in [2.05, 4.69) is 50.1 Å². The first-order valence-electron chi connectivity index (χ1n) is 6.19. The minimum Gasteiger partial charge on any atom is -0.399 e. The van der Waals surface area contributed by atoms with Crippen LogP contribution in [0.15, 0.2) is 42.5 Å². The van der Waals surface area contributed by atoms with Crippen LogP contribution in [0, 0.1) is 13.8 Å². The van der Waals surface area contributed by atoms with Crippen molar-refractivity contribution in [2.45, 2.75) is 20.4 Å². The Hall–Kier alpha value is -1.96. The Bertz CT molecular complexity index is 547. The maximum absolute atomic E-state index is 5.81. The molecule has 0 radical (unpaired) electrons. The molecular formula is C16H20N2. The highest BCUT2D eigenvalue weighted by molar-refractivity contribution is 5.55. The van der Waals surface area contributed by atoms with Crippen molar-refractivity contribution in [1.29, 1.82) is 0 Å². The summed E-state index contributed by atoms with van der Waals surface area (Å²) in [7, 11) is 2.09. The molecule has 0 aliphatic heterocycles. The van der Waals surface area contributed by atoms with E-state index < -0.39 is 0 Å². The summed E-state index contributed by atoms with van der Waals surface area (Å²) in [5.74, 6) is 0. The van der Waals surface area contributed by atoms with E-state index in [1.807, 2.05) is 18.2 Å². The second kappa shape index (κ2) is 5.13. The molecule has 0 spiro atoms. The van der Waals surface area contributed by atoms with Crippen molar-refractivity contribution in [2.75, 3.05) is 17.7 Å². The van der Waals surface area contributed by atoms with Gasteiger partial charge in [-0.15, -0.1) is 0 Å². The third-order valence-electron chi connectivity index (χ3n) is 3.22. The van der Waals surface area contributed by atoms with Crippen LogP contribution in [0.5, 0.6) is 0 Å². The maximum atomic E-state index is 5.81. The molecule has 0 bridgehead atoms. The van der Waals surface area contributed by atoms with Gasteiger partial charge in [0.05, 0.1) is 0 Å². The highest BCUT2D eigenvalue weighted by Crippen LogP contribution is 2.20. The number of anilines is 2. The van der Waals surface area contributed by atoms with Gasteiger partial charge in [-0.2, -0.15) is 0 Å². The van der Waals surface area contributed by atoms with Gasteiger partial charge in [-0.1, -0.05) is 29.8 Å². The molecule has 0 amide bonds. The molecule has 2 N–H and O–H groups in total. The molecule has 2 rings (SSSR count). The van der Waals surface area contributed by atoms with Gasteiger partial charge in [0.1, 0.15) is 0 Å². The van der Waals surface area contributed by atoms with Gasteiger partial charge >= 0.3 is 0 Å². The molecule has 0 atom stereocenters. The number of nitrogen functional groups attached to an aromatic ring is 1. The average Bonchev–Trinajstić information content (AvgIpc) is 2.32. The molecule has 2 nitrogen and oxygen atoms in total. The average molecular weight is 240 g/mol. The van der Waals surface area contributed by atoms with Gasteiger partial charge in [0.25, 0.3) is 0 Å². The van der Waals surface area contributed by atoms with Crippen molar-refractivity contribution in [3.8, 4) is 0 Å². The zero-order valence-electron chi connectivity index (χ0n) is 11.3. The number of rotatable bonds is 3. The van der Waals surface area contributed by atoms with Gasteiger partial charge in [-0.3, -0.25) is 0 Å². The lowest BCUT2D eigenvalue weighted by atomic mass is 10.1. The van der Waals surface area contributed by atoms with Crippen molar-refractivity contribution in [3.05, 3.63) is 59.2 Å². The summed E-state index contributed by atoms with van der Waals surface area (Å²) < 4.78 is 0. The largest absolute Gasteiger partial charge is 0.399 e. The maximum Gasteiger partial charge on any atom is 0.0428 e. The Morgan fingerprint density at radius 2 is 1.83 bits per heavy atom. The molecule has 0 aliphatic rings. The first kappa shape index (κ1) is 12.5. The van der Waals surface area contributed by atoms with Gasteiger partial charge in [-0.05, 0) is 43.2 Å². The SMILES string of the molecule is Cc1ccc(CN(C)c2cccc(N)c2)c(C)c1. The van der Waals surface area contributed by atoms with Crippen LogP contribution in [0.1, 0.15) is 16.7 Å². The van der Waals surface area contributed by atoms with Crippen LogP contribution in [-0.4, -0.2) is 7.05 Å². The van der Waals surface area contributed by atoms with Crippen LogP contribution in [0.4, 0.5) is 11.4 Å². The van der Waals surface area contributed by atoms with Crippen molar-refractivity contribution in [3.63, 3.8) is 0 Å². The predicted octanol–water partition coefficient (Wildman–Crippen LogP) is 3.52. The van der Waals surface area contributed by atoms with Gasteiger partial charge in [0.2, 0.25) is 0 Å². The third kappa shape index (κ3) is 2.83. The molecule has 2 aromatic carbocycles. The van der Waals surface area contributed by atoms with Crippen LogP contribution in [0.2, 0.25) is 0 Å². The molecule has 0 saturated carbocycles. The minimum absolute atomic E-state index is 0.806. The fourth-order valence-corrected chi connectivity index (χ4v) is 2.13. The summed E-state index contributed by atoms with van der Waals surface area (Å²) in [5.41, 5.74) is 11.8. The van der Waals surface area contributed by atoms with E-state index in [0.29, 0.717) is 0 Å². The molecule has 2 heteroatoms. The van der Waals surface area contributed by atoms with Crippen LogP contribution < -0.4 is 10.6 Å². The Balaban J connectivity index is 2.18. The molecule has 0 aromatic heterocycles. The van der Waals surface area contributed by atoms with E-state index >= 15 is 0 Å². The van der Waals surface area contributed by atoms with E-state index in [4.69, 9.17) is 5.73 Å². The molecule has 2 aromatic rings. The standard InChI is InChI=1S/C16H20N2/c1-12-7-8-14(13(2)9-12)11-18(3)16-6-4-5-15(17)10-16/h4-10H,11,17H2,1-3H3. The zero-order chi connectivity index (χ0) is 13.1. The first-order valence-corrected chi connectivity index (χ1v) is 6.19. The van der Waals surface area contributed by atoms with Crippen LogP contribution in [0.3, 0.4) is 0 Å². The predicted molar refractivity (Wildman–Crippen MR) is 78.9 cm³/mol. The number of hydrogen-bond acceptors (Lipinski definition) is 2. The Morgan fingerprint density at radius 1 is 1.06 bits per heavy atom. The molecule has 0 heterocycles. The van der Waals surface area contributed by atoms with Gasteiger partial charge in [0, 0.05) is 25.0 Å². The number of aryl methyl sites for hydroxylation is 2. The summed E-state index contributed by atoms with van der Waals surface area (Å²) in [6, 6.07) is 14.6. The molecule has 0 saturated heterocycles. The highest BCUT2D eigenvalue weighted by Gasteiger charge is 2.04. The van der Waals surface area contributed by atoms with Crippen molar-refractivity contribution in [1.82, 2.24) is 0 Å². The van der Waals surface area contributed by atoms with Crippen molar-refractivity contribution < 1.29 is 0 Å². The lowest BCUT2D eigenvalue weighted by Gasteiger charge is -2.21. The van der Waals surface area contributed by atoms with Gasteiger partial charge in [-0.25, -0.2) is 0 Å². The third-order valence-corrected chi connectivity index (χ3v) is 3.22. The molecule has 0 unspecified atom stereocenters. The van der Waals surface area contributed by atoms with E-state index in [0.717, 1.165) is 17.9 Å². The lowest BCUT2D eigenvalue weighted by molar-refractivity contribution is 0.914. The molecule has 0 aliphatic carbocycles. The fraction of sp³-hybridized carbons (Fsp3) is 0.250. The van der Waals surface area contributed by atoms with E-state index in [-0.39, 0.29) is 0 Å². The summed E-state index contributed by atoms with van der Waals surface area (Å²) in [5, 5.41) is 0. The summed E-state index contributed by atoms with van der Waals surface area (Å²) in [4.78, 5) is 2.22. The highest BCUT2D eigenvalue weighted by atomic mass is 15.1. The second-order valence-electron chi connectivity index (χ2n) is 4.88. The molecular weight excluding hydrogens is 220 g/mol. The number of hydrogen-bond donors (Lipinski definition) is 1. The Labute approximate surface area is 109 Å². The number of nitrogens with zero attached hydrogens (tertiary/aromatic N) is 1. The van der Waals surface area contributed by atoms with Gasteiger partial charge in [0.15, 0.2) is 0 Å². The molecule has 0 fully saturated rings. The fourth-order valence-electron chi connectivity index (χ4n) is 2.13. The number of benzene rings is 2. The van der Waals surface area contributed by atoms with Crippen LogP contribution >= 0.6 is 0 Å². The monoisotopic (exact) mass is 240 g/mol. The summed E-state index contributed by atoms with van der Waals surface area (Å²) >= 11 is 0.